The molecule has 0 amide bonds. The summed E-state index contributed by atoms with van der Waals surface area (Å²) in [5.41, 5.74) is 5.55. The SMILES string of the molecule is N[C@H]1CCN(S(=O)(=O)C2CCOCC2)C[C@@H]1F. The Morgan fingerprint density at radius 2 is 1.88 bits per heavy atom. The molecule has 0 saturated carbocycles. The number of hydrogen-bond acceptors (Lipinski definition) is 4. The number of nitrogens with two attached hydrogens (primary N) is 1. The molecule has 2 atom stereocenters. The minimum Gasteiger partial charge on any atom is -0.381 e. The molecule has 0 spiro atoms. The Hall–Kier alpha value is -0.240. The number of hydrogen-bond donors (Lipinski definition) is 1. The van der Waals surface area contributed by atoms with E-state index in [0.29, 0.717) is 39.0 Å². The van der Waals surface area contributed by atoms with Crippen LogP contribution in [0.25, 0.3) is 0 Å². The maximum atomic E-state index is 13.5. The van der Waals surface area contributed by atoms with Crippen LogP contribution >= 0.6 is 0 Å². The summed E-state index contributed by atoms with van der Waals surface area (Å²) in [6.07, 6.45) is 0.145. The van der Waals surface area contributed by atoms with Gasteiger partial charge in [0.25, 0.3) is 0 Å². The molecular formula is C10H19FN2O3S. The Labute approximate surface area is 101 Å². The van der Waals surface area contributed by atoms with Crippen molar-refractivity contribution in [3.8, 4) is 0 Å². The van der Waals surface area contributed by atoms with E-state index in [1.54, 1.807) is 0 Å². The Morgan fingerprint density at radius 3 is 2.47 bits per heavy atom. The average molecular weight is 266 g/mol. The van der Waals surface area contributed by atoms with Gasteiger partial charge in [0.2, 0.25) is 10.0 Å². The molecule has 0 unspecified atom stereocenters. The molecule has 2 aliphatic rings. The van der Waals surface area contributed by atoms with E-state index >= 15 is 0 Å². The summed E-state index contributed by atoms with van der Waals surface area (Å²) >= 11 is 0. The van der Waals surface area contributed by atoms with Crippen LogP contribution < -0.4 is 5.73 Å². The summed E-state index contributed by atoms with van der Waals surface area (Å²) in [4.78, 5) is 0. The fourth-order valence-electron chi connectivity index (χ4n) is 2.31. The summed E-state index contributed by atoms with van der Waals surface area (Å²) < 4.78 is 44.4. The van der Waals surface area contributed by atoms with Gasteiger partial charge >= 0.3 is 0 Å². The number of piperidine rings is 1. The van der Waals surface area contributed by atoms with Crippen molar-refractivity contribution >= 4 is 10.0 Å². The van der Waals surface area contributed by atoms with Crippen molar-refractivity contribution in [1.29, 1.82) is 0 Å². The molecule has 2 N–H and O–H groups in total. The fourth-order valence-corrected chi connectivity index (χ4v) is 4.23. The van der Waals surface area contributed by atoms with Gasteiger partial charge in [0, 0.05) is 32.3 Å². The van der Waals surface area contributed by atoms with Crippen molar-refractivity contribution in [3.05, 3.63) is 0 Å². The second-order valence-corrected chi connectivity index (χ2v) is 6.90. The summed E-state index contributed by atoms with van der Waals surface area (Å²) in [5.74, 6) is 0. The van der Waals surface area contributed by atoms with Crippen LogP contribution in [0.4, 0.5) is 4.39 Å². The second kappa shape index (κ2) is 5.17. The van der Waals surface area contributed by atoms with E-state index in [2.05, 4.69) is 0 Å². The summed E-state index contributed by atoms with van der Waals surface area (Å²) in [6, 6.07) is -0.531. The first kappa shape index (κ1) is 13.2. The molecule has 7 heteroatoms. The molecule has 2 heterocycles. The third-order valence-electron chi connectivity index (χ3n) is 3.50. The lowest BCUT2D eigenvalue weighted by Gasteiger charge is -2.35. The predicted molar refractivity (Wildman–Crippen MR) is 61.8 cm³/mol. The molecule has 100 valence electrons. The van der Waals surface area contributed by atoms with Gasteiger partial charge in [-0.25, -0.2) is 12.8 Å². The average Bonchev–Trinajstić information content (AvgIpc) is 2.33. The number of alkyl halides is 1. The van der Waals surface area contributed by atoms with Crippen molar-refractivity contribution in [2.45, 2.75) is 36.7 Å². The normalized spacial score (nSPS) is 33.8. The number of ether oxygens (including phenoxy) is 1. The van der Waals surface area contributed by atoms with Crippen LogP contribution in [0, 0.1) is 0 Å². The van der Waals surface area contributed by atoms with Crippen LogP contribution in [0.3, 0.4) is 0 Å². The van der Waals surface area contributed by atoms with Gasteiger partial charge in [-0.05, 0) is 19.3 Å². The molecule has 0 bridgehead atoms. The Kier molecular flexibility index (Phi) is 4.02. The van der Waals surface area contributed by atoms with E-state index in [1.807, 2.05) is 0 Å². The zero-order chi connectivity index (χ0) is 12.5. The van der Waals surface area contributed by atoms with E-state index in [4.69, 9.17) is 10.5 Å². The maximum absolute atomic E-state index is 13.5. The lowest BCUT2D eigenvalue weighted by molar-refractivity contribution is 0.0959. The van der Waals surface area contributed by atoms with Crippen molar-refractivity contribution in [2.24, 2.45) is 5.73 Å². The molecule has 2 fully saturated rings. The van der Waals surface area contributed by atoms with Crippen LogP contribution in [0.5, 0.6) is 0 Å². The van der Waals surface area contributed by atoms with Gasteiger partial charge in [-0.1, -0.05) is 0 Å². The largest absolute Gasteiger partial charge is 0.381 e. The molecule has 17 heavy (non-hydrogen) atoms. The lowest BCUT2D eigenvalue weighted by Crippen LogP contribution is -2.53. The molecule has 2 saturated heterocycles. The highest BCUT2D eigenvalue weighted by Gasteiger charge is 2.38. The summed E-state index contributed by atoms with van der Waals surface area (Å²) in [5, 5.41) is -0.419. The zero-order valence-electron chi connectivity index (χ0n) is 9.72. The Balaban J connectivity index is 2.04. The first-order chi connectivity index (χ1) is 8.01. The van der Waals surface area contributed by atoms with Crippen LogP contribution in [-0.4, -0.2) is 56.5 Å². The monoisotopic (exact) mass is 266 g/mol. The maximum Gasteiger partial charge on any atom is 0.217 e. The molecule has 2 aliphatic heterocycles. The van der Waals surface area contributed by atoms with Crippen LogP contribution in [0.2, 0.25) is 0 Å². The van der Waals surface area contributed by atoms with E-state index < -0.39 is 27.5 Å². The second-order valence-electron chi connectivity index (χ2n) is 4.68. The van der Waals surface area contributed by atoms with E-state index in [-0.39, 0.29) is 6.54 Å². The van der Waals surface area contributed by atoms with Crippen molar-refractivity contribution < 1.29 is 17.5 Å². The van der Waals surface area contributed by atoms with E-state index in [9.17, 15) is 12.8 Å². The van der Waals surface area contributed by atoms with Crippen LogP contribution in [0.1, 0.15) is 19.3 Å². The molecule has 0 aliphatic carbocycles. The number of sulfonamides is 1. The highest BCUT2D eigenvalue weighted by atomic mass is 32.2. The quantitative estimate of drug-likeness (QED) is 0.755. The number of halogens is 1. The standard InChI is InChI=1S/C10H19FN2O3S/c11-9-7-13(4-1-10(9)12)17(14,15)8-2-5-16-6-3-8/h8-10H,1-7,12H2/t9-,10-/m0/s1. The van der Waals surface area contributed by atoms with Gasteiger partial charge in [-0.2, -0.15) is 4.31 Å². The zero-order valence-corrected chi connectivity index (χ0v) is 10.5. The summed E-state index contributed by atoms with van der Waals surface area (Å²) in [6.45, 7) is 1.18. The predicted octanol–water partition coefficient (Wildman–Crippen LogP) is -0.134. The lowest BCUT2D eigenvalue weighted by atomic mass is 10.1. The molecule has 5 nitrogen and oxygen atoms in total. The molecule has 2 rings (SSSR count). The molecule has 0 aromatic rings. The van der Waals surface area contributed by atoms with Gasteiger partial charge in [0.15, 0.2) is 0 Å². The minimum atomic E-state index is -3.38. The first-order valence-corrected chi connectivity index (χ1v) is 7.48. The van der Waals surface area contributed by atoms with Gasteiger partial charge in [0.05, 0.1) is 5.25 Å². The third-order valence-corrected chi connectivity index (χ3v) is 5.87. The van der Waals surface area contributed by atoms with Gasteiger partial charge in [0.1, 0.15) is 6.17 Å². The highest BCUT2D eigenvalue weighted by molar-refractivity contribution is 7.89. The minimum absolute atomic E-state index is 0.0964. The Morgan fingerprint density at radius 1 is 1.24 bits per heavy atom. The van der Waals surface area contributed by atoms with Crippen LogP contribution in [-0.2, 0) is 14.8 Å². The third kappa shape index (κ3) is 2.78. The van der Waals surface area contributed by atoms with E-state index in [1.165, 1.54) is 4.31 Å². The van der Waals surface area contributed by atoms with Gasteiger partial charge in [-0.15, -0.1) is 0 Å². The van der Waals surface area contributed by atoms with Crippen molar-refractivity contribution in [1.82, 2.24) is 4.31 Å². The Bertz CT molecular complexity index is 357. The van der Waals surface area contributed by atoms with Crippen LogP contribution in [0.15, 0.2) is 0 Å². The topological polar surface area (TPSA) is 72.6 Å². The molecule has 0 aromatic heterocycles. The van der Waals surface area contributed by atoms with Gasteiger partial charge < -0.3 is 10.5 Å². The highest BCUT2D eigenvalue weighted by Crippen LogP contribution is 2.23. The smallest absolute Gasteiger partial charge is 0.217 e. The molecule has 0 radical (unpaired) electrons. The first-order valence-electron chi connectivity index (χ1n) is 5.98. The fraction of sp³-hybridized carbons (Fsp3) is 1.00. The van der Waals surface area contributed by atoms with E-state index in [0.717, 1.165) is 0 Å². The van der Waals surface area contributed by atoms with Gasteiger partial charge in [-0.3, -0.25) is 0 Å². The number of nitrogens with zero attached hydrogens (tertiary/aromatic N) is 1. The summed E-state index contributed by atoms with van der Waals surface area (Å²) in [7, 11) is -3.38. The number of rotatable bonds is 2. The van der Waals surface area contributed by atoms with Crippen molar-refractivity contribution in [3.63, 3.8) is 0 Å². The molecule has 0 aromatic carbocycles. The molecular weight excluding hydrogens is 247 g/mol. The van der Waals surface area contributed by atoms with Crippen molar-refractivity contribution in [2.75, 3.05) is 26.3 Å².